The van der Waals surface area contributed by atoms with Crippen LogP contribution in [0.15, 0.2) is 30.3 Å². The first kappa shape index (κ1) is 11.0. The third-order valence-electron chi connectivity index (χ3n) is 4.05. The minimum Gasteiger partial charge on any atom is -0.382 e. The SMILES string of the molecule is CC(C)[C@@H]1O[C@@]12C=Cc1ccccc1[C@@]2(C)O. The van der Waals surface area contributed by atoms with Crippen LogP contribution in [0.4, 0.5) is 0 Å². The smallest absolute Gasteiger partial charge is 0.146 e. The quantitative estimate of drug-likeness (QED) is 0.752. The second-order valence-electron chi connectivity index (χ2n) is 5.57. The van der Waals surface area contributed by atoms with Crippen LogP contribution in [-0.2, 0) is 10.3 Å². The second kappa shape index (κ2) is 3.21. The predicted molar refractivity (Wildman–Crippen MR) is 67.5 cm³/mol. The van der Waals surface area contributed by atoms with Crippen LogP contribution < -0.4 is 0 Å². The highest BCUT2D eigenvalue weighted by Crippen LogP contribution is 2.56. The normalized spacial score (nSPS) is 38.5. The minimum atomic E-state index is -0.937. The van der Waals surface area contributed by atoms with Gasteiger partial charge < -0.3 is 9.84 Å². The fourth-order valence-electron chi connectivity index (χ4n) is 3.01. The lowest BCUT2D eigenvalue weighted by Gasteiger charge is -2.34. The van der Waals surface area contributed by atoms with E-state index in [1.54, 1.807) is 0 Å². The molecule has 90 valence electrons. The van der Waals surface area contributed by atoms with Crippen molar-refractivity contribution in [2.75, 3.05) is 0 Å². The number of ether oxygens (including phenoxy) is 1. The summed E-state index contributed by atoms with van der Waals surface area (Å²) >= 11 is 0. The van der Waals surface area contributed by atoms with Gasteiger partial charge in [0.05, 0.1) is 6.10 Å². The topological polar surface area (TPSA) is 32.8 Å². The molecule has 2 heteroatoms. The van der Waals surface area contributed by atoms with Crippen molar-refractivity contribution in [2.24, 2.45) is 5.92 Å². The zero-order valence-corrected chi connectivity index (χ0v) is 10.5. The Morgan fingerprint density at radius 3 is 2.65 bits per heavy atom. The molecule has 1 heterocycles. The maximum atomic E-state index is 10.9. The van der Waals surface area contributed by atoms with Gasteiger partial charge in [0, 0.05) is 0 Å². The molecule has 0 amide bonds. The lowest BCUT2D eigenvalue weighted by molar-refractivity contribution is -0.00772. The predicted octanol–water partition coefficient (Wildman–Crippen LogP) is 2.71. The van der Waals surface area contributed by atoms with Gasteiger partial charge in [-0.3, -0.25) is 0 Å². The fourth-order valence-corrected chi connectivity index (χ4v) is 3.01. The van der Waals surface area contributed by atoms with E-state index in [0.717, 1.165) is 11.1 Å². The molecule has 0 bridgehead atoms. The Hall–Kier alpha value is -1.12. The fraction of sp³-hybridized carbons (Fsp3) is 0.467. The van der Waals surface area contributed by atoms with Crippen molar-refractivity contribution in [2.45, 2.75) is 38.1 Å². The molecule has 2 aliphatic rings. The molecule has 1 N–H and O–H groups in total. The van der Waals surface area contributed by atoms with E-state index in [1.807, 2.05) is 37.3 Å². The highest BCUT2D eigenvalue weighted by atomic mass is 16.6. The van der Waals surface area contributed by atoms with Gasteiger partial charge in [-0.05, 0) is 30.0 Å². The van der Waals surface area contributed by atoms with Gasteiger partial charge in [-0.2, -0.15) is 0 Å². The van der Waals surface area contributed by atoms with Gasteiger partial charge in [0.15, 0.2) is 0 Å². The van der Waals surface area contributed by atoms with Crippen LogP contribution in [0.3, 0.4) is 0 Å². The summed E-state index contributed by atoms with van der Waals surface area (Å²) in [5.74, 6) is 0.413. The largest absolute Gasteiger partial charge is 0.382 e. The van der Waals surface area contributed by atoms with Gasteiger partial charge in [-0.25, -0.2) is 0 Å². The van der Waals surface area contributed by atoms with Crippen molar-refractivity contribution in [3.63, 3.8) is 0 Å². The van der Waals surface area contributed by atoms with E-state index in [9.17, 15) is 5.11 Å². The standard InChI is InChI=1S/C15H18O2/c1-10(2)13-15(17-13)9-8-11-6-4-5-7-12(11)14(15,3)16/h4-10,13,16H,1-3H3/t13-,14+,15-/m0/s1. The van der Waals surface area contributed by atoms with Crippen LogP contribution >= 0.6 is 0 Å². The summed E-state index contributed by atoms with van der Waals surface area (Å²) in [5.41, 5.74) is 0.592. The number of rotatable bonds is 1. The van der Waals surface area contributed by atoms with Crippen molar-refractivity contribution >= 4 is 6.08 Å². The Kier molecular flexibility index (Phi) is 2.08. The molecule has 1 aromatic rings. The van der Waals surface area contributed by atoms with Crippen molar-refractivity contribution in [3.8, 4) is 0 Å². The first-order chi connectivity index (χ1) is 7.99. The van der Waals surface area contributed by atoms with Gasteiger partial charge in [-0.1, -0.05) is 44.2 Å². The number of hydrogen-bond donors (Lipinski definition) is 1. The van der Waals surface area contributed by atoms with Crippen LogP contribution in [0.1, 0.15) is 31.9 Å². The van der Waals surface area contributed by atoms with E-state index in [1.165, 1.54) is 0 Å². The van der Waals surface area contributed by atoms with Crippen LogP contribution in [0.2, 0.25) is 0 Å². The molecule has 1 aromatic carbocycles. The number of hydrogen-bond acceptors (Lipinski definition) is 2. The molecule has 2 nitrogen and oxygen atoms in total. The van der Waals surface area contributed by atoms with Crippen molar-refractivity contribution < 1.29 is 9.84 Å². The van der Waals surface area contributed by atoms with E-state index >= 15 is 0 Å². The molecule has 1 saturated heterocycles. The molecule has 1 aliphatic carbocycles. The Bertz CT molecular complexity index is 487. The Labute approximate surface area is 102 Å². The lowest BCUT2D eigenvalue weighted by Crippen LogP contribution is -2.43. The summed E-state index contributed by atoms with van der Waals surface area (Å²) < 4.78 is 5.84. The molecule has 1 spiro atoms. The van der Waals surface area contributed by atoms with E-state index < -0.39 is 11.2 Å². The van der Waals surface area contributed by atoms with Crippen LogP contribution in [0.5, 0.6) is 0 Å². The Balaban J connectivity index is 2.09. The van der Waals surface area contributed by atoms with Crippen LogP contribution in [0, 0.1) is 5.92 Å². The number of epoxide rings is 1. The maximum absolute atomic E-state index is 10.9. The molecule has 17 heavy (non-hydrogen) atoms. The first-order valence-corrected chi connectivity index (χ1v) is 6.18. The van der Waals surface area contributed by atoms with Gasteiger partial charge in [0.1, 0.15) is 11.2 Å². The van der Waals surface area contributed by atoms with Gasteiger partial charge >= 0.3 is 0 Å². The molecule has 0 unspecified atom stereocenters. The Morgan fingerprint density at radius 2 is 2.00 bits per heavy atom. The molecule has 0 aromatic heterocycles. The van der Waals surface area contributed by atoms with Crippen molar-refractivity contribution in [3.05, 3.63) is 41.5 Å². The van der Waals surface area contributed by atoms with E-state index in [2.05, 4.69) is 19.9 Å². The highest BCUT2D eigenvalue weighted by Gasteiger charge is 2.67. The molecular weight excluding hydrogens is 212 g/mol. The lowest BCUT2D eigenvalue weighted by atomic mass is 9.73. The minimum absolute atomic E-state index is 0.113. The first-order valence-electron chi connectivity index (χ1n) is 6.18. The average Bonchev–Trinajstić information content (AvgIpc) is 3.02. The molecule has 0 radical (unpaired) electrons. The third-order valence-corrected chi connectivity index (χ3v) is 4.05. The zero-order chi connectivity index (χ0) is 12.3. The maximum Gasteiger partial charge on any atom is 0.146 e. The van der Waals surface area contributed by atoms with Gasteiger partial charge in [-0.15, -0.1) is 0 Å². The molecule has 3 atom stereocenters. The van der Waals surface area contributed by atoms with Crippen LogP contribution in [0.25, 0.3) is 6.08 Å². The average molecular weight is 230 g/mol. The van der Waals surface area contributed by atoms with E-state index in [4.69, 9.17) is 4.74 Å². The van der Waals surface area contributed by atoms with Gasteiger partial charge in [0.25, 0.3) is 0 Å². The highest BCUT2D eigenvalue weighted by molar-refractivity contribution is 5.63. The van der Waals surface area contributed by atoms with Crippen molar-refractivity contribution in [1.82, 2.24) is 0 Å². The summed E-state index contributed by atoms with van der Waals surface area (Å²) in [4.78, 5) is 0. The Morgan fingerprint density at radius 1 is 1.29 bits per heavy atom. The summed E-state index contributed by atoms with van der Waals surface area (Å²) in [6.45, 7) is 6.12. The number of aliphatic hydroxyl groups is 1. The third kappa shape index (κ3) is 1.28. The molecular formula is C15H18O2. The summed E-state index contributed by atoms with van der Waals surface area (Å²) in [6, 6.07) is 7.97. The second-order valence-corrected chi connectivity index (χ2v) is 5.57. The summed E-state index contributed by atoms with van der Waals surface area (Å²) in [5, 5.41) is 10.9. The summed E-state index contributed by atoms with van der Waals surface area (Å²) in [7, 11) is 0. The molecule has 1 aliphatic heterocycles. The zero-order valence-electron chi connectivity index (χ0n) is 10.5. The monoisotopic (exact) mass is 230 g/mol. The molecule has 1 fully saturated rings. The molecule has 3 rings (SSSR count). The van der Waals surface area contributed by atoms with E-state index in [-0.39, 0.29) is 6.10 Å². The summed E-state index contributed by atoms with van der Waals surface area (Å²) in [6.07, 6.45) is 4.21. The number of benzene rings is 1. The van der Waals surface area contributed by atoms with Gasteiger partial charge in [0.2, 0.25) is 0 Å². The number of fused-ring (bicyclic) bond motifs is 1. The van der Waals surface area contributed by atoms with E-state index in [0.29, 0.717) is 5.92 Å². The molecule has 0 saturated carbocycles. The van der Waals surface area contributed by atoms with Crippen molar-refractivity contribution in [1.29, 1.82) is 0 Å². The van der Waals surface area contributed by atoms with Crippen LogP contribution in [-0.4, -0.2) is 16.8 Å².